The lowest BCUT2D eigenvalue weighted by atomic mass is 9.48. The first-order chi connectivity index (χ1) is 12.4. The van der Waals surface area contributed by atoms with Crippen molar-refractivity contribution < 1.29 is 14.6 Å². The molecule has 1 spiro atoms. The molecule has 0 amide bonds. The summed E-state index contributed by atoms with van der Waals surface area (Å²) in [6.07, 6.45) is 5.68. The SMILES string of the molecule is COC[C@]1(O)C[C@H]2C[C@]23[C@@H]2[C@H](C)Cc4cc(OC)ccc4[C@H]2CC[C@]13C. The van der Waals surface area contributed by atoms with Gasteiger partial charge in [0.25, 0.3) is 0 Å². The van der Waals surface area contributed by atoms with E-state index < -0.39 is 5.60 Å². The Morgan fingerprint density at radius 1 is 1.23 bits per heavy atom. The van der Waals surface area contributed by atoms with Gasteiger partial charge in [-0.25, -0.2) is 0 Å². The Hall–Kier alpha value is -1.06. The number of fused-ring (bicyclic) bond motifs is 3. The van der Waals surface area contributed by atoms with Crippen LogP contribution in [0.2, 0.25) is 0 Å². The van der Waals surface area contributed by atoms with E-state index in [4.69, 9.17) is 9.47 Å². The summed E-state index contributed by atoms with van der Waals surface area (Å²) in [6.45, 7) is 5.32. The van der Waals surface area contributed by atoms with E-state index in [1.807, 2.05) is 0 Å². The second-order valence-corrected chi connectivity index (χ2v) is 9.86. The van der Waals surface area contributed by atoms with Gasteiger partial charge in [-0.2, -0.15) is 0 Å². The lowest BCUT2D eigenvalue weighted by Gasteiger charge is -2.57. The number of hydrogen-bond donors (Lipinski definition) is 1. The van der Waals surface area contributed by atoms with Crippen LogP contribution in [0.1, 0.15) is 56.6 Å². The first-order valence-electron chi connectivity index (χ1n) is 10.3. The van der Waals surface area contributed by atoms with E-state index in [-0.39, 0.29) is 5.41 Å². The molecular weight excluding hydrogens is 324 g/mol. The largest absolute Gasteiger partial charge is 0.497 e. The minimum Gasteiger partial charge on any atom is -0.497 e. The van der Waals surface area contributed by atoms with Crippen molar-refractivity contribution in [2.24, 2.45) is 28.6 Å². The zero-order chi connectivity index (χ0) is 18.3. The van der Waals surface area contributed by atoms with Gasteiger partial charge in [0.1, 0.15) is 5.75 Å². The average Bonchev–Trinajstić information content (AvgIpc) is 3.26. The maximum atomic E-state index is 11.5. The summed E-state index contributed by atoms with van der Waals surface area (Å²) < 4.78 is 11.0. The van der Waals surface area contributed by atoms with Crippen LogP contribution >= 0.6 is 0 Å². The molecule has 1 aromatic rings. The van der Waals surface area contributed by atoms with E-state index in [1.54, 1.807) is 19.8 Å². The quantitative estimate of drug-likeness (QED) is 0.883. The summed E-state index contributed by atoms with van der Waals surface area (Å²) >= 11 is 0. The standard InChI is InChI=1S/C23H32O3/c1-14-9-15-10-17(26-4)5-6-18(15)19-7-8-21(2)22(24,13-25-3)11-16-12-23(16,21)20(14)19/h5-6,10,14,16,19-20,24H,7-9,11-13H2,1-4H3/t14-,16+,19-,20-,21-,22-,23-/m1/s1. The molecule has 4 aliphatic carbocycles. The molecule has 0 radical (unpaired) electrons. The maximum absolute atomic E-state index is 11.5. The fourth-order valence-electron chi connectivity index (χ4n) is 8.00. The molecule has 3 nitrogen and oxygen atoms in total. The number of methoxy groups -OCH3 is 2. The number of hydrogen-bond acceptors (Lipinski definition) is 3. The molecule has 5 rings (SSSR count). The third-order valence-corrected chi connectivity index (χ3v) is 9.06. The van der Waals surface area contributed by atoms with Crippen LogP contribution in [-0.4, -0.2) is 31.5 Å². The summed E-state index contributed by atoms with van der Waals surface area (Å²) in [5.74, 6) is 3.66. The van der Waals surface area contributed by atoms with Crippen molar-refractivity contribution in [1.82, 2.24) is 0 Å². The van der Waals surface area contributed by atoms with Crippen LogP contribution in [0, 0.1) is 28.6 Å². The fourth-order valence-corrected chi connectivity index (χ4v) is 8.00. The third-order valence-electron chi connectivity index (χ3n) is 9.06. The van der Waals surface area contributed by atoms with Gasteiger partial charge in [0.05, 0.1) is 19.3 Å². The van der Waals surface area contributed by atoms with Crippen molar-refractivity contribution in [1.29, 1.82) is 0 Å². The van der Waals surface area contributed by atoms with Crippen LogP contribution in [0.4, 0.5) is 0 Å². The Labute approximate surface area is 157 Å². The summed E-state index contributed by atoms with van der Waals surface area (Å²) in [7, 11) is 3.49. The topological polar surface area (TPSA) is 38.7 Å². The number of rotatable bonds is 3. The van der Waals surface area contributed by atoms with Gasteiger partial charge in [0.2, 0.25) is 0 Å². The number of ether oxygens (including phenoxy) is 2. The van der Waals surface area contributed by atoms with Crippen molar-refractivity contribution in [2.45, 2.75) is 57.5 Å². The highest BCUT2D eigenvalue weighted by atomic mass is 16.5. The van der Waals surface area contributed by atoms with E-state index in [1.165, 1.54) is 18.4 Å². The highest BCUT2D eigenvalue weighted by Gasteiger charge is 2.81. The molecule has 3 heteroatoms. The lowest BCUT2D eigenvalue weighted by Crippen LogP contribution is -2.57. The fraction of sp³-hybridized carbons (Fsp3) is 0.739. The predicted molar refractivity (Wildman–Crippen MR) is 101 cm³/mol. The maximum Gasteiger partial charge on any atom is 0.119 e. The molecular formula is C23H32O3. The van der Waals surface area contributed by atoms with E-state index in [0.29, 0.717) is 35.7 Å². The summed E-state index contributed by atoms with van der Waals surface area (Å²) in [5.41, 5.74) is 2.72. The van der Waals surface area contributed by atoms with E-state index >= 15 is 0 Å². The van der Waals surface area contributed by atoms with Gasteiger partial charge >= 0.3 is 0 Å². The van der Waals surface area contributed by atoms with Crippen molar-refractivity contribution in [3.63, 3.8) is 0 Å². The summed E-state index contributed by atoms with van der Waals surface area (Å²) in [6, 6.07) is 6.72. The Morgan fingerprint density at radius 2 is 2.04 bits per heavy atom. The molecule has 1 N–H and O–H groups in total. The second-order valence-electron chi connectivity index (χ2n) is 9.86. The highest BCUT2D eigenvalue weighted by molar-refractivity contribution is 5.43. The Balaban J connectivity index is 1.57. The minimum absolute atomic E-state index is 0.0000764. The highest BCUT2D eigenvalue weighted by Crippen LogP contribution is 2.84. The van der Waals surface area contributed by atoms with Gasteiger partial charge in [-0.1, -0.05) is 19.9 Å². The van der Waals surface area contributed by atoms with Crippen LogP contribution in [0.3, 0.4) is 0 Å². The number of aliphatic hydroxyl groups is 1. The molecule has 0 heterocycles. The van der Waals surface area contributed by atoms with E-state index in [0.717, 1.165) is 25.0 Å². The second kappa shape index (κ2) is 5.26. The van der Waals surface area contributed by atoms with Crippen LogP contribution in [-0.2, 0) is 11.2 Å². The van der Waals surface area contributed by atoms with Crippen LogP contribution in [0.25, 0.3) is 0 Å². The Morgan fingerprint density at radius 3 is 2.77 bits per heavy atom. The van der Waals surface area contributed by atoms with Gasteiger partial charge < -0.3 is 14.6 Å². The Kier molecular flexibility index (Phi) is 3.45. The molecule has 3 saturated carbocycles. The van der Waals surface area contributed by atoms with Gasteiger partial charge in [-0.3, -0.25) is 0 Å². The summed E-state index contributed by atoms with van der Waals surface area (Å²) in [4.78, 5) is 0. The first-order valence-corrected chi connectivity index (χ1v) is 10.3. The summed E-state index contributed by atoms with van der Waals surface area (Å²) in [5, 5.41) is 11.5. The average molecular weight is 357 g/mol. The molecule has 0 aromatic heterocycles. The normalized spacial score (nSPS) is 48.2. The lowest BCUT2D eigenvalue weighted by molar-refractivity contribution is -0.161. The van der Waals surface area contributed by atoms with Gasteiger partial charge in [0.15, 0.2) is 0 Å². The molecule has 0 aliphatic heterocycles. The first kappa shape index (κ1) is 17.1. The van der Waals surface area contributed by atoms with Crippen molar-refractivity contribution in [3.05, 3.63) is 29.3 Å². The molecule has 3 fully saturated rings. The van der Waals surface area contributed by atoms with E-state index in [2.05, 4.69) is 32.0 Å². The van der Waals surface area contributed by atoms with Crippen LogP contribution in [0.15, 0.2) is 18.2 Å². The minimum atomic E-state index is -0.643. The van der Waals surface area contributed by atoms with Gasteiger partial charge in [0, 0.05) is 12.5 Å². The molecule has 4 aliphatic rings. The molecule has 7 atom stereocenters. The van der Waals surface area contributed by atoms with Crippen molar-refractivity contribution >= 4 is 0 Å². The predicted octanol–water partition coefficient (Wildman–Crippen LogP) is 4.17. The van der Waals surface area contributed by atoms with Gasteiger partial charge in [-0.05, 0) is 84.5 Å². The number of benzene rings is 1. The molecule has 1 aromatic carbocycles. The van der Waals surface area contributed by atoms with E-state index in [9.17, 15) is 5.11 Å². The zero-order valence-corrected chi connectivity index (χ0v) is 16.5. The monoisotopic (exact) mass is 356 g/mol. The van der Waals surface area contributed by atoms with Crippen LogP contribution in [0.5, 0.6) is 5.75 Å². The van der Waals surface area contributed by atoms with Crippen LogP contribution < -0.4 is 4.74 Å². The van der Waals surface area contributed by atoms with Crippen molar-refractivity contribution in [2.75, 3.05) is 20.8 Å². The molecule has 0 saturated heterocycles. The smallest absolute Gasteiger partial charge is 0.119 e. The Bertz CT molecular complexity index is 745. The molecule has 0 bridgehead atoms. The van der Waals surface area contributed by atoms with Crippen molar-refractivity contribution in [3.8, 4) is 5.75 Å². The third kappa shape index (κ3) is 1.82. The van der Waals surface area contributed by atoms with Gasteiger partial charge in [-0.15, -0.1) is 0 Å². The molecule has 142 valence electrons. The molecule has 0 unspecified atom stereocenters. The molecule has 26 heavy (non-hydrogen) atoms. The zero-order valence-electron chi connectivity index (χ0n) is 16.5.